The molecule has 0 aliphatic rings. The van der Waals surface area contributed by atoms with Crippen LogP contribution in [0.3, 0.4) is 0 Å². The maximum atomic E-state index is 12.3. The molecule has 2 aromatic rings. The highest BCUT2D eigenvalue weighted by molar-refractivity contribution is 7.92. The van der Waals surface area contributed by atoms with Gasteiger partial charge in [0.05, 0.1) is 5.69 Å². The number of carbonyl (C=O) groups is 1. The van der Waals surface area contributed by atoms with Gasteiger partial charge < -0.3 is 9.67 Å². The first kappa shape index (κ1) is 15.0. The summed E-state index contributed by atoms with van der Waals surface area (Å²) in [5.74, 6) is -1.17. The van der Waals surface area contributed by atoms with E-state index in [9.17, 15) is 13.2 Å². The molecular weight excluding hydrogens is 294 g/mol. The van der Waals surface area contributed by atoms with Crippen molar-refractivity contribution in [1.29, 1.82) is 0 Å². The number of sulfonamides is 1. The van der Waals surface area contributed by atoms with Crippen molar-refractivity contribution < 1.29 is 18.3 Å². The molecule has 2 rings (SSSR count). The summed E-state index contributed by atoms with van der Waals surface area (Å²) in [6.45, 7) is 3.85. The van der Waals surface area contributed by atoms with Crippen LogP contribution < -0.4 is 4.72 Å². The number of carboxylic acid groups (broad SMARTS) is 1. The minimum atomic E-state index is -3.84. The smallest absolute Gasteiger partial charge is 0.352 e. The Labute approximate surface area is 122 Å². The molecule has 112 valence electrons. The molecule has 0 radical (unpaired) electrons. The fourth-order valence-electron chi connectivity index (χ4n) is 1.89. The Kier molecular flexibility index (Phi) is 3.99. The van der Waals surface area contributed by atoms with Crippen molar-refractivity contribution in [1.82, 2.24) is 9.55 Å². The Hall–Kier alpha value is -2.35. The molecule has 0 atom stereocenters. The molecule has 0 saturated carbocycles. The number of nitrogens with one attached hydrogen (secondary N) is 1. The van der Waals surface area contributed by atoms with Crippen molar-refractivity contribution >= 4 is 21.7 Å². The van der Waals surface area contributed by atoms with Crippen molar-refractivity contribution in [2.45, 2.75) is 25.3 Å². The van der Waals surface area contributed by atoms with Crippen LogP contribution in [0.25, 0.3) is 0 Å². The monoisotopic (exact) mass is 309 g/mol. The van der Waals surface area contributed by atoms with Crippen LogP contribution in [0.15, 0.2) is 35.5 Å². The molecule has 0 spiro atoms. The van der Waals surface area contributed by atoms with E-state index in [1.807, 2.05) is 0 Å². The lowest BCUT2D eigenvalue weighted by molar-refractivity contribution is 0.0685. The highest BCUT2D eigenvalue weighted by Gasteiger charge is 2.21. The van der Waals surface area contributed by atoms with Gasteiger partial charge in [0, 0.05) is 24.6 Å². The van der Waals surface area contributed by atoms with E-state index in [1.54, 1.807) is 19.9 Å². The predicted molar refractivity (Wildman–Crippen MR) is 76.8 cm³/mol. The number of pyridine rings is 1. The van der Waals surface area contributed by atoms with E-state index in [1.165, 1.54) is 23.0 Å². The van der Waals surface area contributed by atoms with Crippen molar-refractivity contribution in [3.63, 3.8) is 0 Å². The van der Waals surface area contributed by atoms with E-state index in [0.717, 1.165) is 6.07 Å². The van der Waals surface area contributed by atoms with E-state index < -0.39 is 16.0 Å². The topological polar surface area (TPSA) is 101 Å². The standard InChI is InChI=1S/C13H15N3O4S/c1-3-16-8-11(7-12(16)13(17)18)21(19,20)15-10-4-5-14-9(2)6-10/h4-8H,3H2,1-2H3,(H,14,15)(H,17,18). The maximum Gasteiger partial charge on any atom is 0.352 e. The van der Waals surface area contributed by atoms with Gasteiger partial charge in [-0.15, -0.1) is 0 Å². The van der Waals surface area contributed by atoms with E-state index in [2.05, 4.69) is 9.71 Å². The summed E-state index contributed by atoms with van der Waals surface area (Å²) in [5.41, 5.74) is 0.986. The van der Waals surface area contributed by atoms with E-state index in [-0.39, 0.29) is 10.6 Å². The minimum absolute atomic E-state index is 0.0659. The fraction of sp³-hybridized carbons (Fsp3) is 0.231. The Bertz CT molecular complexity index is 780. The lowest BCUT2D eigenvalue weighted by atomic mass is 10.3. The fourth-order valence-corrected chi connectivity index (χ4v) is 2.98. The van der Waals surface area contributed by atoms with Gasteiger partial charge in [-0.2, -0.15) is 0 Å². The third-order valence-electron chi connectivity index (χ3n) is 2.89. The highest BCUT2D eigenvalue weighted by atomic mass is 32.2. The number of aryl methyl sites for hydroxylation is 2. The molecule has 0 aliphatic heterocycles. The van der Waals surface area contributed by atoms with Gasteiger partial charge in [0.15, 0.2) is 0 Å². The first-order valence-electron chi connectivity index (χ1n) is 6.22. The largest absolute Gasteiger partial charge is 0.477 e. The molecular formula is C13H15N3O4S. The van der Waals surface area contributed by atoms with Crippen molar-refractivity contribution in [3.8, 4) is 0 Å². The SMILES string of the molecule is CCn1cc(S(=O)(=O)Nc2ccnc(C)c2)cc1C(=O)O. The van der Waals surface area contributed by atoms with Gasteiger partial charge in [-0.25, -0.2) is 13.2 Å². The van der Waals surface area contributed by atoms with Gasteiger partial charge in [0.1, 0.15) is 10.6 Å². The van der Waals surface area contributed by atoms with E-state index in [4.69, 9.17) is 5.11 Å². The molecule has 0 aromatic carbocycles. The molecule has 0 bridgehead atoms. The summed E-state index contributed by atoms with van der Waals surface area (Å²) in [6.07, 6.45) is 2.80. The van der Waals surface area contributed by atoms with Gasteiger partial charge in [-0.05, 0) is 32.0 Å². The van der Waals surface area contributed by atoms with Gasteiger partial charge in [-0.3, -0.25) is 9.71 Å². The number of nitrogens with zero attached hydrogens (tertiary/aromatic N) is 2. The molecule has 2 N–H and O–H groups in total. The Morgan fingerprint density at radius 3 is 2.67 bits per heavy atom. The van der Waals surface area contributed by atoms with Gasteiger partial charge in [0.25, 0.3) is 10.0 Å². The second kappa shape index (κ2) is 5.57. The van der Waals surface area contributed by atoms with Crippen LogP contribution in [-0.2, 0) is 16.6 Å². The van der Waals surface area contributed by atoms with Crippen LogP contribution in [0.1, 0.15) is 23.1 Å². The highest BCUT2D eigenvalue weighted by Crippen LogP contribution is 2.19. The zero-order valence-electron chi connectivity index (χ0n) is 11.6. The van der Waals surface area contributed by atoms with Crippen molar-refractivity contribution in [2.24, 2.45) is 0 Å². The molecule has 2 aromatic heterocycles. The predicted octanol–water partition coefficient (Wildman–Crippen LogP) is 1.71. The van der Waals surface area contributed by atoms with Crippen LogP contribution in [0, 0.1) is 6.92 Å². The molecule has 0 unspecified atom stereocenters. The lowest BCUT2D eigenvalue weighted by Gasteiger charge is -2.06. The third kappa shape index (κ3) is 3.22. The van der Waals surface area contributed by atoms with Gasteiger partial charge >= 0.3 is 5.97 Å². The summed E-state index contributed by atoms with van der Waals surface area (Å²) >= 11 is 0. The van der Waals surface area contributed by atoms with E-state index in [0.29, 0.717) is 17.9 Å². The van der Waals surface area contributed by atoms with Crippen molar-refractivity contribution in [2.75, 3.05) is 4.72 Å². The molecule has 0 fully saturated rings. The van der Waals surface area contributed by atoms with Gasteiger partial charge in [0.2, 0.25) is 0 Å². The second-order valence-corrected chi connectivity index (χ2v) is 6.13. The molecule has 21 heavy (non-hydrogen) atoms. The first-order valence-corrected chi connectivity index (χ1v) is 7.70. The number of aromatic carboxylic acids is 1. The zero-order chi connectivity index (χ0) is 15.6. The van der Waals surface area contributed by atoms with Crippen LogP contribution in [-0.4, -0.2) is 29.0 Å². The summed E-state index contributed by atoms with van der Waals surface area (Å²) in [4.78, 5) is 15.0. The van der Waals surface area contributed by atoms with Gasteiger partial charge in [-0.1, -0.05) is 0 Å². The van der Waals surface area contributed by atoms with Crippen molar-refractivity contribution in [3.05, 3.63) is 42.0 Å². The average molecular weight is 309 g/mol. The number of rotatable bonds is 5. The first-order chi connectivity index (χ1) is 9.83. The van der Waals surface area contributed by atoms with Crippen LogP contribution >= 0.6 is 0 Å². The average Bonchev–Trinajstić information content (AvgIpc) is 2.83. The molecule has 8 heteroatoms. The summed E-state index contributed by atoms with van der Waals surface area (Å²) in [5, 5.41) is 9.06. The normalized spacial score (nSPS) is 11.3. The molecule has 0 saturated heterocycles. The quantitative estimate of drug-likeness (QED) is 0.875. The molecule has 7 nitrogen and oxygen atoms in total. The molecule has 0 aliphatic carbocycles. The summed E-state index contributed by atoms with van der Waals surface area (Å²) in [6, 6.07) is 4.26. The lowest BCUT2D eigenvalue weighted by Crippen LogP contribution is -2.12. The number of anilines is 1. The Balaban J connectivity index is 2.38. The minimum Gasteiger partial charge on any atom is -0.477 e. The number of hydrogen-bond donors (Lipinski definition) is 2. The molecule has 0 amide bonds. The zero-order valence-corrected chi connectivity index (χ0v) is 12.4. The van der Waals surface area contributed by atoms with Crippen LogP contribution in [0.2, 0.25) is 0 Å². The third-order valence-corrected chi connectivity index (χ3v) is 4.24. The number of hydrogen-bond acceptors (Lipinski definition) is 4. The van der Waals surface area contributed by atoms with Crippen LogP contribution in [0.5, 0.6) is 0 Å². The number of carboxylic acids is 1. The summed E-state index contributed by atoms with van der Waals surface area (Å²) < 4.78 is 28.3. The maximum absolute atomic E-state index is 12.3. The summed E-state index contributed by atoms with van der Waals surface area (Å²) in [7, 11) is -3.84. The second-order valence-electron chi connectivity index (χ2n) is 4.44. The molecule has 2 heterocycles. The Morgan fingerprint density at radius 1 is 1.43 bits per heavy atom. The number of aromatic nitrogens is 2. The van der Waals surface area contributed by atoms with Crippen LogP contribution in [0.4, 0.5) is 5.69 Å². The van der Waals surface area contributed by atoms with E-state index >= 15 is 0 Å². The Morgan fingerprint density at radius 2 is 2.14 bits per heavy atom.